The van der Waals surface area contributed by atoms with Gasteiger partial charge < -0.3 is 14.4 Å². The first-order valence-electron chi connectivity index (χ1n) is 6.16. The third-order valence-corrected chi connectivity index (χ3v) is 3.28. The molecule has 2 unspecified atom stereocenters. The predicted molar refractivity (Wildman–Crippen MR) is 72.0 cm³/mol. The molecule has 0 spiro atoms. The summed E-state index contributed by atoms with van der Waals surface area (Å²) in [6.45, 7) is 3.51. The van der Waals surface area contributed by atoms with Crippen LogP contribution >= 0.6 is 0 Å². The van der Waals surface area contributed by atoms with E-state index in [0.717, 1.165) is 11.1 Å². The summed E-state index contributed by atoms with van der Waals surface area (Å²) < 4.78 is 5.50. The number of rotatable bonds is 4. The molecule has 0 aliphatic heterocycles. The Balaban J connectivity index is 2.46. The van der Waals surface area contributed by atoms with Crippen LogP contribution < -0.4 is 0 Å². The molecule has 0 saturated carbocycles. The van der Waals surface area contributed by atoms with Crippen LogP contribution in [-0.2, 0) is 4.79 Å². The number of carbonyl (C=O) groups is 1. The van der Waals surface area contributed by atoms with Crippen LogP contribution in [0.4, 0.5) is 0 Å². The lowest BCUT2D eigenvalue weighted by Gasteiger charge is -2.28. The Labute approximate surface area is 111 Å². The van der Waals surface area contributed by atoms with Gasteiger partial charge >= 0.3 is 5.97 Å². The quantitative estimate of drug-likeness (QED) is 0.916. The Bertz CT molecular complexity index is 604. The van der Waals surface area contributed by atoms with E-state index in [9.17, 15) is 9.90 Å². The minimum atomic E-state index is -0.812. The van der Waals surface area contributed by atoms with Crippen LogP contribution in [0.15, 0.2) is 22.6 Å². The number of aryl methyl sites for hydroxylation is 1. The molecule has 0 saturated heterocycles. The Morgan fingerprint density at radius 2 is 2.11 bits per heavy atom. The maximum Gasteiger partial charge on any atom is 0.308 e. The normalized spacial score (nSPS) is 14.8. The zero-order chi connectivity index (χ0) is 14.2. The van der Waals surface area contributed by atoms with E-state index in [2.05, 4.69) is 4.98 Å². The van der Waals surface area contributed by atoms with Gasteiger partial charge in [0.05, 0.1) is 5.92 Å². The van der Waals surface area contributed by atoms with Crippen molar-refractivity contribution in [3.8, 4) is 0 Å². The minimum absolute atomic E-state index is 0.202. The van der Waals surface area contributed by atoms with Crippen LogP contribution in [0.2, 0.25) is 0 Å². The van der Waals surface area contributed by atoms with E-state index in [-0.39, 0.29) is 6.04 Å². The Kier molecular flexibility index (Phi) is 3.57. The second-order valence-electron chi connectivity index (χ2n) is 5.00. The van der Waals surface area contributed by atoms with Gasteiger partial charge in [-0.15, -0.1) is 0 Å². The predicted octanol–water partition coefficient (Wildman–Crippen LogP) is 2.46. The van der Waals surface area contributed by atoms with Gasteiger partial charge in [-0.2, -0.15) is 0 Å². The fourth-order valence-electron chi connectivity index (χ4n) is 2.41. The summed E-state index contributed by atoms with van der Waals surface area (Å²) in [5.74, 6) is -0.705. The van der Waals surface area contributed by atoms with Gasteiger partial charge in [-0.05, 0) is 31.8 Å². The molecule has 0 aliphatic rings. The highest BCUT2D eigenvalue weighted by atomic mass is 16.4. The molecule has 0 fully saturated rings. The molecule has 102 valence electrons. The van der Waals surface area contributed by atoms with E-state index in [4.69, 9.17) is 4.42 Å². The Hall–Kier alpha value is -1.88. The van der Waals surface area contributed by atoms with Crippen LogP contribution in [0, 0.1) is 12.8 Å². The maximum absolute atomic E-state index is 11.2. The number of fused-ring (bicyclic) bond motifs is 1. The van der Waals surface area contributed by atoms with Crippen molar-refractivity contribution in [3.63, 3.8) is 0 Å². The van der Waals surface area contributed by atoms with E-state index in [1.807, 2.05) is 37.2 Å². The van der Waals surface area contributed by atoms with E-state index in [0.29, 0.717) is 11.5 Å². The maximum atomic E-state index is 11.2. The van der Waals surface area contributed by atoms with Crippen molar-refractivity contribution in [2.45, 2.75) is 19.9 Å². The van der Waals surface area contributed by atoms with Crippen molar-refractivity contribution in [2.24, 2.45) is 5.92 Å². The molecular weight excluding hydrogens is 244 g/mol. The highest BCUT2D eigenvalue weighted by molar-refractivity contribution is 5.75. The van der Waals surface area contributed by atoms with Gasteiger partial charge in [0, 0.05) is 13.0 Å². The highest BCUT2D eigenvalue weighted by Crippen LogP contribution is 2.29. The SMILES string of the molecule is Cc1nc2ccc(C(C(C)C(=O)O)N(C)C)cc2o1. The number of aromatic nitrogens is 1. The summed E-state index contributed by atoms with van der Waals surface area (Å²) in [6, 6.07) is 5.45. The number of aliphatic carboxylic acids is 1. The average molecular weight is 262 g/mol. The number of hydrogen-bond acceptors (Lipinski definition) is 4. The summed E-state index contributed by atoms with van der Waals surface area (Å²) in [5, 5.41) is 9.22. The topological polar surface area (TPSA) is 66.6 Å². The number of benzene rings is 1. The average Bonchev–Trinajstić information content (AvgIpc) is 2.67. The van der Waals surface area contributed by atoms with E-state index >= 15 is 0 Å². The van der Waals surface area contributed by atoms with Gasteiger partial charge in [0.1, 0.15) is 5.52 Å². The van der Waals surface area contributed by atoms with Crippen LogP contribution in [0.1, 0.15) is 24.4 Å². The summed E-state index contributed by atoms with van der Waals surface area (Å²) in [7, 11) is 3.75. The first kappa shape index (κ1) is 13.5. The van der Waals surface area contributed by atoms with E-state index < -0.39 is 11.9 Å². The van der Waals surface area contributed by atoms with Gasteiger partial charge in [0.25, 0.3) is 0 Å². The molecule has 0 amide bonds. The molecule has 1 aromatic carbocycles. The molecule has 0 bridgehead atoms. The summed E-state index contributed by atoms with van der Waals surface area (Å²) in [5.41, 5.74) is 2.41. The van der Waals surface area contributed by atoms with Gasteiger partial charge in [0.15, 0.2) is 11.5 Å². The lowest BCUT2D eigenvalue weighted by molar-refractivity contribution is -0.143. The van der Waals surface area contributed by atoms with E-state index in [1.165, 1.54) is 0 Å². The zero-order valence-electron chi connectivity index (χ0n) is 11.5. The monoisotopic (exact) mass is 262 g/mol. The third kappa shape index (κ3) is 2.61. The van der Waals surface area contributed by atoms with Crippen LogP contribution in [0.25, 0.3) is 11.1 Å². The van der Waals surface area contributed by atoms with Gasteiger partial charge in [-0.1, -0.05) is 13.0 Å². The molecule has 5 nitrogen and oxygen atoms in total. The van der Waals surface area contributed by atoms with Gasteiger partial charge in [0.2, 0.25) is 0 Å². The Morgan fingerprint density at radius 3 is 2.68 bits per heavy atom. The summed E-state index contributed by atoms with van der Waals surface area (Å²) in [4.78, 5) is 17.4. The number of hydrogen-bond donors (Lipinski definition) is 1. The molecule has 1 aromatic heterocycles. The van der Waals surface area contributed by atoms with Crippen molar-refractivity contribution in [1.29, 1.82) is 0 Å². The molecule has 0 radical (unpaired) electrons. The van der Waals surface area contributed by atoms with Crippen molar-refractivity contribution in [3.05, 3.63) is 29.7 Å². The molecular formula is C14H18N2O3. The highest BCUT2D eigenvalue weighted by Gasteiger charge is 2.27. The van der Waals surface area contributed by atoms with Crippen LogP contribution in [0.3, 0.4) is 0 Å². The molecule has 1 N–H and O–H groups in total. The fraction of sp³-hybridized carbons (Fsp3) is 0.429. The second-order valence-corrected chi connectivity index (χ2v) is 5.00. The molecule has 1 heterocycles. The lowest BCUT2D eigenvalue weighted by atomic mass is 9.93. The number of carboxylic acid groups (broad SMARTS) is 1. The van der Waals surface area contributed by atoms with Crippen molar-refractivity contribution >= 4 is 17.1 Å². The van der Waals surface area contributed by atoms with Crippen LogP contribution in [0.5, 0.6) is 0 Å². The molecule has 19 heavy (non-hydrogen) atoms. The number of oxazole rings is 1. The van der Waals surface area contributed by atoms with Crippen LogP contribution in [-0.4, -0.2) is 35.1 Å². The molecule has 0 aliphatic carbocycles. The standard InChI is InChI=1S/C14H18N2O3/c1-8(14(17)18)13(16(3)4)10-5-6-11-12(7-10)19-9(2)15-11/h5-8,13H,1-4H3,(H,17,18). The van der Waals surface area contributed by atoms with Crippen molar-refractivity contribution < 1.29 is 14.3 Å². The number of carboxylic acids is 1. The smallest absolute Gasteiger partial charge is 0.308 e. The van der Waals surface area contributed by atoms with Crippen molar-refractivity contribution in [2.75, 3.05) is 14.1 Å². The first-order chi connectivity index (χ1) is 8.90. The first-order valence-corrected chi connectivity index (χ1v) is 6.16. The third-order valence-electron chi connectivity index (χ3n) is 3.28. The minimum Gasteiger partial charge on any atom is -0.481 e. The second kappa shape index (κ2) is 5.01. The molecule has 2 rings (SSSR count). The summed E-state index contributed by atoms with van der Waals surface area (Å²) >= 11 is 0. The van der Waals surface area contributed by atoms with Crippen molar-refractivity contribution in [1.82, 2.24) is 9.88 Å². The zero-order valence-corrected chi connectivity index (χ0v) is 11.5. The summed E-state index contributed by atoms with van der Waals surface area (Å²) in [6.07, 6.45) is 0. The van der Waals surface area contributed by atoms with Gasteiger partial charge in [-0.3, -0.25) is 4.79 Å². The fourth-order valence-corrected chi connectivity index (χ4v) is 2.41. The molecule has 5 heteroatoms. The Morgan fingerprint density at radius 1 is 1.42 bits per heavy atom. The lowest BCUT2D eigenvalue weighted by Crippen LogP contribution is -2.30. The molecule has 2 atom stereocenters. The van der Waals surface area contributed by atoms with Gasteiger partial charge in [-0.25, -0.2) is 4.98 Å². The number of nitrogens with zero attached hydrogens (tertiary/aromatic N) is 2. The molecule has 2 aromatic rings. The van der Waals surface area contributed by atoms with E-state index in [1.54, 1.807) is 13.8 Å². The largest absolute Gasteiger partial charge is 0.481 e.